The molecular weight excluding hydrogens is 666 g/mol. The zero-order chi connectivity index (χ0) is 31.7. The Hall–Kier alpha value is -2.52. The minimum Gasteiger partial charge on any atom is -0.398 e. The van der Waals surface area contributed by atoms with E-state index in [0.29, 0.717) is 6.26 Å². The predicted molar refractivity (Wildman–Crippen MR) is 186 cm³/mol. The second-order valence-corrected chi connectivity index (χ2v) is 17.6. The van der Waals surface area contributed by atoms with E-state index in [0.717, 1.165) is 11.3 Å². The van der Waals surface area contributed by atoms with E-state index in [1.807, 2.05) is 42.5 Å². The smallest absolute Gasteiger partial charge is 0.261 e. The Kier molecular flexibility index (Phi) is 14.8. The molecule has 0 unspecified atom stereocenters. The number of rotatable bonds is 4. The first-order valence-electron chi connectivity index (χ1n) is 13.9. The fourth-order valence-electron chi connectivity index (χ4n) is 5.09. The molecule has 4 aromatic rings. The number of hydrogen-bond acceptors (Lipinski definition) is 4. The minimum atomic E-state index is -3.67. The summed E-state index contributed by atoms with van der Waals surface area (Å²) in [4.78, 5) is 2.21. The Labute approximate surface area is 275 Å². The summed E-state index contributed by atoms with van der Waals surface area (Å²) in [5.74, 6) is 0. The average Bonchev–Trinajstić information content (AvgIpc) is 2.88. The van der Waals surface area contributed by atoms with Crippen molar-refractivity contribution in [3.63, 3.8) is 0 Å². The normalized spacial score (nSPS) is 11.3. The maximum Gasteiger partial charge on any atom is 0.261 e. The van der Waals surface area contributed by atoms with Crippen LogP contribution < -0.4 is 15.9 Å². The first-order valence-corrected chi connectivity index (χ1v) is 17.1. The van der Waals surface area contributed by atoms with Gasteiger partial charge in [-0.25, -0.2) is 0 Å². The van der Waals surface area contributed by atoms with Gasteiger partial charge in [0.15, 0.2) is 0 Å². The SMILES string of the molecule is CN(C)c1ccccc1-c1ccccc1P(C(C)(C)C)C(C)(C)C.CS(=O)(=O)O.Nc1ccccc1-c1ccccc1.[Pd]. The third-order valence-corrected chi connectivity index (χ3v) is 9.76. The van der Waals surface area contributed by atoms with Crippen LogP contribution in [0.15, 0.2) is 103 Å². The van der Waals surface area contributed by atoms with E-state index in [1.165, 1.54) is 27.7 Å². The molecule has 0 bridgehead atoms. The Balaban J connectivity index is 0.000000406. The number of benzene rings is 4. The molecular formula is C35H47N2O3PPdS. The summed E-state index contributed by atoms with van der Waals surface area (Å²) in [6.45, 7) is 14.3. The maximum absolute atomic E-state index is 9.19. The topological polar surface area (TPSA) is 83.6 Å². The molecule has 0 atom stereocenters. The third kappa shape index (κ3) is 12.5. The molecule has 3 N–H and O–H groups in total. The summed E-state index contributed by atoms with van der Waals surface area (Å²) in [5.41, 5.74) is 12.9. The quantitative estimate of drug-likeness (QED) is 0.0959. The van der Waals surface area contributed by atoms with Crippen molar-refractivity contribution in [3.8, 4) is 22.3 Å². The Morgan fingerprint density at radius 2 is 1.05 bits per heavy atom. The van der Waals surface area contributed by atoms with Crippen molar-refractivity contribution in [1.29, 1.82) is 0 Å². The molecule has 0 aliphatic heterocycles. The molecule has 5 nitrogen and oxygen atoms in total. The number of nitrogen functional groups attached to an aromatic ring is 1. The van der Waals surface area contributed by atoms with Crippen molar-refractivity contribution < 1.29 is 33.4 Å². The molecule has 43 heavy (non-hydrogen) atoms. The van der Waals surface area contributed by atoms with Gasteiger partial charge in [-0.05, 0) is 38.9 Å². The minimum absolute atomic E-state index is 0. The van der Waals surface area contributed by atoms with E-state index < -0.39 is 10.1 Å². The maximum atomic E-state index is 9.19. The van der Waals surface area contributed by atoms with Crippen LogP contribution in [0.4, 0.5) is 11.4 Å². The summed E-state index contributed by atoms with van der Waals surface area (Å²) in [6.07, 6.45) is 0.715. The molecule has 4 aromatic carbocycles. The molecule has 0 heterocycles. The molecule has 4 rings (SSSR count). The molecule has 0 aromatic heterocycles. The van der Waals surface area contributed by atoms with Crippen LogP contribution in [0.1, 0.15) is 41.5 Å². The average molecular weight is 713 g/mol. The van der Waals surface area contributed by atoms with E-state index in [-0.39, 0.29) is 38.7 Å². The van der Waals surface area contributed by atoms with Gasteiger partial charge in [-0.1, -0.05) is 140 Å². The van der Waals surface area contributed by atoms with Gasteiger partial charge in [-0.15, -0.1) is 0 Å². The molecule has 0 saturated carbocycles. The van der Waals surface area contributed by atoms with E-state index in [2.05, 4.69) is 121 Å². The Morgan fingerprint density at radius 3 is 1.51 bits per heavy atom. The zero-order valence-electron chi connectivity index (χ0n) is 26.8. The fourth-order valence-corrected chi connectivity index (χ4v) is 9.22. The number of nitrogens with two attached hydrogens (primary N) is 1. The van der Waals surface area contributed by atoms with Gasteiger partial charge in [0.05, 0.1) is 6.26 Å². The van der Waals surface area contributed by atoms with Crippen LogP contribution in [0, 0.1) is 0 Å². The second kappa shape index (κ2) is 16.5. The Bertz CT molecular complexity index is 1510. The van der Waals surface area contributed by atoms with Crippen LogP contribution in [0.25, 0.3) is 22.3 Å². The zero-order valence-corrected chi connectivity index (χ0v) is 30.0. The molecule has 0 spiro atoms. The third-order valence-electron chi connectivity index (χ3n) is 6.21. The van der Waals surface area contributed by atoms with Gasteiger partial charge in [0, 0.05) is 57.0 Å². The van der Waals surface area contributed by atoms with Gasteiger partial charge >= 0.3 is 0 Å². The van der Waals surface area contributed by atoms with Crippen molar-refractivity contribution in [2.75, 3.05) is 31.0 Å². The van der Waals surface area contributed by atoms with Crippen LogP contribution in [0.2, 0.25) is 0 Å². The predicted octanol–water partition coefficient (Wildman–Crippen LogP) is 8.56. The number of hydrogen-bond donors (Lipinski definition) is 2. The molecule has 0 fully saturated rings. The molecule has 0 radical (unpaired) electrons. The van der Waals surface area contributed by atoms with Crippen LogP contribution in [-0.2, 0) is 30.5 Å². The first kappa shape index (κ1) is 38.5. The van der Waals surface area contributed by atoms with Gasteiger partial charge in [-0.3, -0.25) is 4.55 Å². The molecule has 0 saturated heterocycles. The van der Waals surface area contributed by atoms with Crippen LogP contribution in [0.3, 0.4) is 0 Å². The summed E-state index contributed by atoms with van der Waals surface area (Å²) >= 11 is 0. The standard InChI is InChI=1S/C22H32NP.C12H11N.CH4O3S.Pd/c1-21(2,3)24(22(4,5)6)20-16-12-10-14-18(20)17-13-9-11-15-19(17)23(7)8;13-12-9-5-4-8-11(12)10-6-2-1-3-7-10;1-5(2,3)4;/h9-16H,1-8H3;1-9H,13H2;1H3,(H,2,3,4);. The van der Waals surface area contributed by atoms with Crippen molar-refractivity contribution >= 4 is 34.7 Å². The molecule has 0 amide bonds. The largest absolute Gasteiger partial charge is 0.398 e. The molecule has 0 aliphatic rings. The Morgan fingerprint density at radius 1 is 0.651 bits per heavy atom. The number of nitrogens with zero attached hydrogens (tertiary/aromatic N) is 1. The van der Waals surface area contributed by atoms with Crippen LogP contribution in [-0.4, -0.2) is 43.6 Å². The van der Waals surface area contributed by atoms with Crippen LogP contribution in [0.5, 0.6) is 0 Å². The summed E-state index contributed by atoms with van der Waals surface area (Å²) in [7, 11) is 0.246. The van der Waals surface area contributed by atoms with E-state index >= 15 is 0 Å². The van der Waals surface area contributed by atoms with E-state index in [4.69, 9.17) is 10.3 Å². The van der Waals surface area contributed by atoms with Crippen molar-refractivity contribution in [1.82, 2.24) is 0 Å². The van der Waals surface area contributed by atoms with E-state index in [1.54, 1.807) is 0 Å². The van der Waals surface area contributed by atoms with Crippen molar-refractivity contribution in [2.24, 2.45) is 0 Å². The van der Waals surface area contributed by atoms with Gasteiger partial charge < -0.3 is 10.6 Å². The van der Waals surface area contributed by atoms with E-state index in [9.17, 15) is 8.42 Å². The van der Waals surface area contributed by atoms with Gasteiger partial charge in [0.2, 0.25) is 0 Å². The summed E-state index contributed by atoms with van der Waals surface area (Å²) in [6, 6.07) is 35.8. The van der Waals surface area contributed by atoms with Crippen molar-refractivity contribution in [2.45, 2.75) is 51.9 Å². The fraction of sp³-hybridized carbons (Fsp3) is 0.314. The first-order chi connectivity index (χ1) is 19.4. The summed E-state index contributed by atoms with van der Waals surface area (Å²) < 4.78 is 25.9. The molecule has 8 heteroatoms. The van der Waals surface area contributed by atoms with Gasteiger partial charge in [-0.2, -0.15) is 8.42 Å². The number of anilines is 2. The second-order valence-electron chi connectivity index (χ2n) is 12.3. The molecule has 0 aliphatic carbocycles. The molecule has 236 valence electrons. The summed E-state index contributed by atoms with van der Waals surface area (Å²) in [5, 5.41) is 2.04. The number of para-hydroxylation sites is 2. The van der Waals surface area contributed by atoms with Gasteiger partial charge in [0.25, 0.3) is 10.1 Å². The van der Waals surface area contributed by atoms with Gasteiger partial charge in [0.1, 0.15) is 0 Å². The monoisotopic (exact) mass is 712 g/mol. The van der Waals surface area contributed by atoms with Crippen molar-refractivity contribution in [3.05, 3.63) is 103 Å². The van der Waals surface area contributed by atoms with Crippen LogP contribution >= 0.6 is 7.92 Å².